The zero-order valence-electron chi connectivity index (χ0n) is 17.2. The molecule has 4 aromatic rings. The van der Waals surface area contributed by atoms with Gasteiger partial charge in [0.1, 0.15) is 6.61 Å². The summed E-state index contributed by atoms with van der Waals surface area (Å²) < 4.78 is 7.71. The molecule has 9 nitrogen and oxygen atoms in total. The first-order chi connectivity index (χ1) is 15.6. The van der Waals surface area contributed by atoms with Crippen LogP contribution in [0.15, 0.2) is 64.5 Å². The molecule has 0 aliphatic heterocycles. The van der Waals surface area contributed by atoms with Gasteiger partial charge in [-0.05, 0) is 24.1 Å². The largest absolute Gasteiger partial charge is 0.549 e. The zero-order chi connectivity index (χ0) is 22.5. The van der Waals surface area contributed by atoms with E-state index in [-0.39, 0.29) is 18.0 Å². The first-order valence-electron chi connectivity index (χ1n) is 10.0. The molecule has 0 amide bonds. The van der Waals surface area contributed by atoms with Crippen LogP contribution in [-0.2, 0) is 17.9 Å². The van der Waals surface area contributed by atoms with Crippen LogP contribution in [0, 0.1) is 0 Å². The Kier molecular flexibility index (Phi) is 6.50. The summed E-state index contributed by atoms with van der Waals surface area (Å²) in [6.45, 7) is 2.26. The highest BCUT2D eigenvalue weighted by Crippen LogP contribution is 2.26. The molecule has 2 aromatic carbocycles. The number of aromatic nitrogens is 5. The van der Waals surface area contributed by atoms with Crippen LogP contribution in [0.2, 0.25) is 0 Å². The van der Waals surface area contributed by atoms with E-state index in [4.69, 9.17) is 4.74 Å². The first kappa shape index (κ1) is 21.6. The molecule has 2 aromatic heterocycles. The van der Waals surface area contributed by atoms with Crippen molar-refractivity contribution in [2.75, 3.05) is 0 Å². The summed E-state index contributed by atoms with van der Waals surface area (Å²) in [6.07, 6.45) is 0.393. The smallest absolute Gasteiger partial charge is 0.272 e. The van der Waals surface area contributed by atoms with Crippen LogP contribution in [0.3, 0.4) is 0 Å². The number of hydrogen-bond donors (Lipinski definition) is 1. The Hall–Kier alpha value is -3.66. The predicted octanol–water partition coefficient (Wildman–Crippen LogP) is 1.76. The molecular weight excluding hydrogens is 430 g/mol. The van der Waals surface area contributed by atoms with Crippen molar-refractivity contribution >= 4 is 28.5 Å². The summed E-state index contributed by atoms with van der Waals surface area (Å²) in [5.41, 5.74) is 0.705. The van der Waals surface area contributed by atoms with Gasteiger partial charge in [-0.25, -0.2) is 5.10 Å². The van der Waals surface area contributed by atoms with Crippen LogP contribution in [0.1, 0.15) is 24.7 Å². The lowest BCUT2D eigenvalue weighted by atomic mass is 10.2. The number of aromatic amines is 1. The van der Waals surface area contributed by atoms with Gasteiger partial charge in [-0.1, -0.05) is 61.2 Å². The van der Waals surface area contributed by atoms with Crippen molar-refractivity contribution in [2.45, 2.75) is 36.9 Å². The molecule has 0 spiro atoms. The summed E-state index contributed by atoms with van der Waals surface area (Å²) in [5.74, 6) is -0.375. The van der Waals surface area contributed by atoms with E-state index in [1.165, 1.54) is 0 Å². The summed E-state index contributed by atoms with van der Waals surface area (Å²) in [4.78, 5) is 23.4. The number of carbonyl (C=O) groups is 1. The number of rotatable bonds is 9. The lowest BCUT2D eigenvalue weighted by Crippen LogP contribution is -2.33. The molecule has 1 unspecified atom stereocenters. The molecule has 10 heteroatoms. The third-order valence-electron chi connectivity index (χ3n) is 4.86. The van der Waals surface area contributed by atoms with E-state index in [0.717, 1.165) is 17.3 Å². The molecule has 0 fully saturated rings. The topological polar surface area (TPSA) is 126 Å². The maximum absolute atomic E-state index is 12.0. The number of thioether (sulfide) groups is 1. The number of aliphatic carboxylic acids is 1. The van der Waals surface area contributed by atoms with Gasteiger partial charge in [-0.15, -0.1) is 15.3 Å². The molecule has 0 aliphatic carbocycles. The number of nitrogens with zero attached hydrogens (tertiary/aromatic N) is 4. The highest BCUT2D eigenvalue weighted by atomic mass is 32.2. The van der Waals surface area contributed by atoms with Crippen molar-refractivity contribution in [1.82, 2.24) is 25.0 Å². The third-order valence-corrected chi connectivity index (χ3v) is 6.18. The van der Waals surface area contributed by atoms with Crippen LogP contribution in [0.4, 0.5) is 0 Å². The number of ether oxygens (including phenoxy) is 1. The predicted molar refractivity (Wildman–Crippen MR) is 117 cm³/mol. The fraction of sp³-hybridized carbons (Fsp3) is 0.227. The Labute approximate surface area is 187 Å². The second-order valence-corrected chi connectivity index (χ2v) is 8.17. The van der Waals surface area contributed by atoms with Gasteiger partial charge in [0.15, 0.2) is 11.0 Å². The maximum atomic E-state index is 12.0. The van der Waals surface area contributed by atoms with E-state index in [0.29, 0.717) is 34.7 Å². The molecule has 32 heavy (non-hydrogen) atoms. The van der Waals surface area contributed by atoms with Gasteiger partial charge in [-0.3, -0.25) is 9.36 Å². The van der Waals surface area contributed by atoms with Crippen molar-refractivity contribution in [1.29, 1.82) is 0 Å². The Morgan fingerprint density at radius 2 is 1.84 bits per heavy atom. The van der Waals surface area contributed by atoms with Crippen LogP contribution in [0.5, 0.6) is 5.88 Å². The van der Waals surface area contributed by atoms with Crippen molar-refractivity contribution in [3.8, 4) is 5.88 Å². The number of nitrogens with one attached hydrogen (secondary N) is 1. The summed E-state index contributed by atoms with van der Waals surface area (Å²) in [6, 6.07) is 16.7. The molecule has 0 radical (unpaired) electrons. The SMILES string of the molecule is CCC(Sc1nnc(COc2n[nH]c(=O)c3ccccc23)n1Cc1ccccc1)C(=O)[O-]. The summed E-state index contributed by atoms with van der Waals surface area (Å²) in [7, 11) is 0. The minimum Gasteiger partial charge on any atom is -0.549 e. The second kappa shape index (κ2) is 9.65. The first-order valence-corrected chi connectivity index (χ1v) is 10.9. The Morgan fingerprint density at radius 1 is 1.12 bits per heavy atom. The van der Waals surface area contributed by atoms with Gasteiger partial charge in [0.05, 0.1) is 28.5 Å². The Bertz CT molecular complexity index is 1290. The number of benzene rings is 2. The molecule has 2 heterocycles. The molecule has 164 valence electrons. The van der Waals surface area contributed by atoms with Crippen LogP contribution in [-0.4, -0.2) is 36.2 Å². The van der Waals surface area contributed by atoms with Crippen molar-refractivity contribution in [3.05, 3.63) is 76.3 Å². The number of carboxylic acid groups (broad SMARTS) is 1. The van der Waals surface area contributed by atoms with Crippen molar-refractivity contribution in [3.63, 3.8) is 0 Å². The second-order valence-electron chi connectivity index (χ2n) is 7.00. The van der Waals surface area contributed by atoms with Crippen LogP contribution in [0.25, 0.3) is 10.8 Å². The molecular formula is C22H20N5O4S-. The van der Waals surface area contributed by atoms with E-state index < -0.39 is 11.2 Å². The molecule has 0 saturated carbocycles. The lowest BCUT2D eigenvalue weighted by Gasteiger charge is -2.16. The van der Waals surface area contributed by atoms with Gasteiger partial charge in [0.25, 0.3) is 5.56 Å². The Morgan fingerprint density at radius 3 is 2.56 bits per heavy atom. The van der Waals surface area contributed by atoms with Gasteiger partial charge in [-0.2, -0.15) is 0 Å². The van der Waals surface area contributed by atoms with Crippen LogP contribution < -0.4 is 15.4 Å². The molecule has 1 atom stereocenters. The maximum Gasteiger partial charge on any atom is 0.272 e. The van der Waals surface area contributed by atoms with E-state index in [9.17, 15) is 14.7 Å². The number of hydrogen-bond acceptors (Lipinski definition) is 8. The molecule has 1 N–H and O–H groups in total. The average molecular weight is 451 g/mol. The molecule has 0 saturated heterocycles. The molecule has 4 rings (SSSR count). The van der Waals surface area contributed by atoms with E-state index >= 15 is 0 Å². The zero-order valence-corrected chi connectivity index (χ0v) is 18.0. The number of carbonyl (C=O) groups excluding carboxylic acids is 1. The number of H-pyrrole nitrogens is 1. The van der Waals surface area contributed by atoms with Crippen molar-refractivity contribution < 1.29 is 14.6 Å². The van der Waals surface area contributed by atoms with E-state index in [1.54, 1.807) is 31.2 Å². The van der Waals surface area contributed by atoms with Gasteiger partial charge in [0, 0.05) is 0 Å². The van der Waals surface area contributed by atoms with Gasteiger partial charge < -0.3 is 14.6 Å². The summed E-state index contributed by atoms with van der Waals surface area (Å²) in [5, 5.41) is 27.1. The van der Waals surface area contributed by atoms with Crippen molar-refractivity contribution in [2.24, 2.45) is 0 Å². The number of carboxylic acids is 1. The van der Waals surface area contributed by atoms with Crippen LogP contribution >= 0.6 is 11.8 Å². The summed E-state index contributed by atoms with van der Waals surface area (Å²) >= 11 is 1.10. The monoisotopic (exact) mass is 450 g/mol. The fourth-order valence-corrected chi connectivity index (χ4v) is 4.10. The van der Waals surface area contributed by atoms with Gasteiger partial charge >= 0.3 is 0 Å². The Balaban J connectivity index is 1.64. The number of fused-ring (bicyclic) bond motifs is 1. The standard InChI is InChI=1S/C22H21N5O4S/c1-2-17(21(29)30)32-22-26-23-18(27(22)12-14-8-4-3-5-9-14)13-31-20-16-11-7-6-10-15(16)19(28)24-25-20/h3-11,17H,2,12-13H2,1H3,(H,24,28)(H,29,30)/p-1. The molecule has 0 bridgehead atoms. The highest BCUT2D eigenvalue weighted by molar-refractivity contribution is 8.00. The minimum absolute atomic E-state index is 0.0333. The minimum atomic E-state index is -1.14. The fourth-order valence-electron chi connectivity index (χ4n) is 3.20. The quantitative estimate of drug-likeness (QED) is 0.382. The third kappa shape index (κ3) is 4.65. The highest BCUT2D eigenvalue weighted by Gasteiger charge is 2.19. The normalized spacial score (nSPS) is 12.0. The molecule has 0 aliphatic rings. The van der Waals surface area contributed by atoms with E-state index in [1.807, 2.05) is 34.9 Å². The van der Waals surface area contributed by atoms with Gasteiger partial charge in [0.2, 0.25) is 5.88 Å². The van der Waals surface area contributed by atoms with E-state index in [2.05, 4.69) is 20.4 Å². The average Bonchev–Trinajstić information content (AvgIpc) is 3.18. The lowest BCUT2D eigenvalue weighted by molar-refractivity contribution is -0.304.